The molecule has 0 aliphatic carbocycles. The number of carbonyl (C=O) groups is 1. The minimum atomic E-state index is -3.86. The fourth-order valence-electron chi connectivity index (χ4n) is 4.44. The van der Waals surface area contributed by atoms with Crippen molar-refractivity contribution in [3.8, 4) is 0 Å². The zero-order chi connectivity index (χ0) is 28.2. The molecule has 4 aromatic carbocycles. The second kappa shape index (κ2) is 12.6. The van der Waals surface area contributed by atoms with Gasteiger partial charge in [0, 0.05) is 0 Å². The number of hydrogen-bond acceptors (Lipinski definition) is 4. The van der Waals surface area contributed by atoms with E-state index in [2.05, 4.69) is 49.1 Å². The fraction of sp³-hybridized carbons (Fsp3) is 0.194. The third-order valence-electron chi connectivity index (χ3n) is 6.63. The van der Waals surface area contributed by atoms with Crippen molar-refractivity contribution in [3.63, 3.8) is 0 Å². The Morgan fingerprint density at radius 3 is 1.92 bits per heavy atom. The predicted molar refractivity (Wildman–Crippen MR) is 154 cm³/mol. The number of nitrogens with two attached hydrogens (primary N) is 1. The molecule has 0 saturated carbocycles. The Balaban J connectivity index is 0.000000298. The molecule has 2 heterocycles. The third kappa shape index (κ3) is 6.67. The molecule has 0 unspecified atom stereocenters. The van der Waals surface area contributed by atoms with Gasteiger partial charge in [0.15, 0.2) is 0 Å². The van der Waals surface area contributed by atoms with Crippen LogP contribution >= 0.6 is 9.69 Å². The van der Waals surface area contributed by atoms with Crippen LogP contribution in [0.5, 0.6) is 0 Å². The SMILES string of the molecule is Cc1ccc(C(C)C)cc1.N[C@@H](c1ccccc1)[C@H](c1ccccc1)c1cc2ccc1[S](=O)(=O)[Ru]([Cl])[NH]C2=O. The zero-order valence-corrected chi connectivity index (χ0v) is 25.3. The molecule has 3 N–H and O–H groups in total. The molecule has 1 amide bonds. The summed E-state index contributed by atoms with van der Waals surface area (Å²) in [5, 5.41) is 0. The average Bonchev–Trinajstić information content (AvgIpc) is 2.94. The molecule has 6 rings (SSSR count). The van der Waals surface area contributed by atoms with Crippen molar-refractivity contribution in [1.82, 2.24) is 4.06 Å². The quantitative estimate of drug-likeness (QED) is 0.234. The van der Waals surface area contributed by atoms with Gasteiger partial charge in [-0.05, 0) is 18.4 Å². The topological polar surface area (TPSA) is 89.3 Å². The van der Waals surface area contributed by atoms with Gasteiger partial charge in [-0.25, -0.2) is 0 Å². The summed E-state index contributed by atoms with van der Waals surface area (Å²) >= 11 is -3.16. The van der Waals surface area contributed by atoms with Gasteiger partial charge in [0.05, 0.1) is 0 Å². The van der Waals surface area contributed by atoms with E-state index in [0.717, 1.165) is 11.1 Å². The summed E-state index contributed by atoms with van der Waals surface area (Å²) in [7, 11) is 2.33. The fourth-order valence-corrected chi connectivity index (χ4v) is 10.4. The van der Waals surface area contributed by atoms with Gasteiger partial charge in [0.1, 0.15) is 0 Å². The third-order valence-corrected chi connectivity index (χ3v) is 15.6. The summed E-state index contributed by atoms with van der Waals surface area (Å²) in [6.45, 7) is 6.54. The van der Waals surface area contributed by atoms with E-state index in [1.54, 1.807) is 6.07 Å². The van der Waals surface area contributed by atoms with Crippen LogP contribution in [0.1, 0.15) is 69.9 Å². The molecule has 2 atom stereocenters. The van der Waals surface area contributed by atoms with Crippen molar-refractivity contribution in [3.05, 3.63) is 137 Å². The van der Waals surface area contributed by atoms with Crippen molar-refractivity contribution < 1.29 is 27.2 Å². The molecule has 39 heavy (non-hydrogen) atoms. The Hall–Kier alpha value is -2.83. The first-order valence-corrected chi connectivity index (χ1v) is 19.2. The number of hydrogen-bond donors (Lipinski definition) is 2. The van der Waals surface area contributed by atoms with Crippen LogP contribution in [0.4, 0.5) is 0 Å². The molecular formula is C31H32ClN2O3RuS. The maximum atomic E-state index is 13.1. The van der Waals surface area contributed by atoms with Crippen molar-refractivity contribution in [1.29, 1.82) is 0 Å². The molecule has 0 spiro atoms. The van der Waals surface area contributed by atoms with Crippen LogP contribution in [0.3, 0.4) is 0 Å². The molecule has 2 aliphatic heterocycles. The van der Waals surface area contributed by atoms with E-state index in [-0.39, 0.29) is 4.90 Å². The second-order valence-electron chi connectivity index (χ2n) is 9.68. The minimum absolute atomic E-state index is 0.135. The van der Waals surface area contributed by atoms with E-state index >= 15 is 0 Å². The number of benzene rings is 4. The van der Waals surface area contributed by atoms with Crippen LogP contribution in [0.25, 0.3) is 0 Å². The van der Waals surface area contributed by atoms with Gasteiger partial charge in [-0.1, -0.05) is 43.7 Å². The molecule has 4 aromatic rings. The van der Waals surface area contributed by atoms with Crippen LogP contribution in [0.15, 0.2) is 108 Å². The van der Waals surface area contributed by atoms with E-state index < -0.39 is 39.7 Å². The second-order valence-corrected chi connectivity index (χ2v) is 19.4. The predicted octanol–water partition coefficient (Wildman–Crippen LogP) is 6.76. The zero-order valence-electron chi connectivity index (χ0n) is 22.0. The van der Waals surface area contributed by atoms with Crippen molar-refractivity contribution in [2.24, 2.45) is 5.73 Å². The van der Waals surface area contributed by atoms with E-state index in [0.29, 0.717) is 17.0 Å². The first-order chi connectivity index (χ1) is 18.6. The standard InChI is InChI=1S/C21H19N2O3S.C10H14.ClH.Ru/c22-20(15-9-5-2-6-10-15)19(14-7-3-1-4-8-14)17-13-16(21(23)24)11-12-18(17)27(25)26;1-8(2)10-6-4-9(3)5-7-10;;/h1-13,19-20H,22H2,(H2,23,24);4-8H,1-3H3;1H;/q;;;+2/p-2/t19-,20+;;;/m1.../s1. The average molecular weight is 649 g/mol. The van der Waals surface area contributed by atoms with Crippen molar-refractivity contribution in [2.75, 3.05) is 0 Å². The Morgan fingerprint density at radius 2 is 1.36 bits per heavy atom. The number of carbonyl (C=O) groups excluding carboxylic acids is 1. The normalized spacial score (nSPS) is 16.4. The van der Waals surface area contributed by atoms with Gasteiger partial charge in [-0.2, -0.15) is 0 Å². The van der Waals surface area contributed by atoms with Gasteiger partial charge >= 0.3 is 178 Å². The van der Waals surface area contributed by atoms with E-state index in [1.807, 2.05) is 60.7 Å². The van der Waals surface area contributed by atoms with Gasteiger partial charge in [-0.3, -0.25) is 0 Å². The summed E-state index contributed by atoms with van der Waals surface area (Å²) < 4.78 is 28.7. The molecule has 0 saturated heterocycles. The van der Waals surface area contributed by atoms with Crippen LogP contribution in [0.2, 0.25) is 0 Å². The molecule has 5 nitrogen and oxygen atoms in total. The molecule has 8 heteroatoms. The van der Waals surface area contributed by atoms with Crippen molar-refractivity contribution in [2.45, 2.75) is 43.5 Å². The molecule has 0 fully saturated rings. The van der Waals surface area contributed by atoms with Gasteiger partial charge in [0.25, 0.3) is 0 Å². The monoisotopic (exact) mass is 649 g/mol. The van der Waals surface area contributed by atoms with Crippen LogP contribution in [-0.4, -0.2) is 14.3 Å². The maximum absolute atomic E-state index is 13.1. The number of halogens is 1. The molecular weight excluding hydrogens is 617 g/mol. The number of nitrogens with one attached hydrogen (secondary N) is 1. The number of amides is 1. The summed E-state index contributed by atoms with van der Waals surface area (Å²) in [4.78, 5) is 12.6. The molecule has 0 radical (unpaired) electrons. The van der Waals surface area contributed by atoms with Crippen LogP contribution in [0, 0.1) is 6.92 Å². The van der Waals surface area contributed by atoms with Crippen LogP contribution < -0.4 is 9.79 Å². The van der Waals surface area contributed by atoms with Crippen LogP contribution in [-0.2, 0) is 21.8 Å². The van der Waals surface area contributed by atoms with Gasteiger partial charge in [0.2, 0.25) is 0 Å². The molecule has 2 aliphatic rings. The Bertz CT molecular complexity index is 1530. The Morgan fingerprint density at radius 1 is 0.795 bits per heavy atom. The molecule has 0 aromatic heterocycles. The molecule has 2 bridgehead atoms. The summed E-state index contributed by atoms with van der Waals surface area (Å²) in [6, 6.07) is 31.8. The summed E-state index contributed by atoms with van der Waals surface area (Å²) in [6.07, 6.45) is 0. The molecule has 205 valence electrons. The summed E-state index contributed by atoms with van der Waals surface area (Å²) in [5.74, 6) is -0.288. The first kappa shape index (κ1) is 29.2. The summed E-state index contributed by atoms with van der Waals surface area (Å²) in [5.41, 5.74) is 12.0. The van der Waals surface area contributed by atoms with Gasteiger partial charge in [-0.15, -0.1) is 0 Å². The van der Waals surface area contributed by atoms with E-state index in [1.165, 1.54) is 23.3 Å². The number of aryl methyl sites for hydroxylation is 1. The van der Waals surface area contributed by atoms with Crippen molar-refractivity contribution >= 4 is 23.4 Å². The van der Waals surface area contributed by atoms with E-state index in [4.69, 9.17) is 15.4 Å². The van der Waals surface area contributed by atoms with E-state index in [9.17, 15) is 13.2 Å². The number of fused-ring (bicyclic) bond motifs is 5. The Labute approximate surface area is 239 Å². The van der Waals surface area contributed by atoms with Gasteiger partial charge < -0.3 is 0 Å². The number of rotatable bonds is 5. The first-order valence-electron chi connectivity index (χ1n) is 12.6. The Kier molecular flexibility index (Phi) is 9.40.